The second-order valence-corrected chi connectivity index (χ2v) is 7.49. The molecular weight excluding hydrogens is 378 g/mol. The molecule has 0 aromatic heterocycles. The molecule has 7 N–H and O–H groups in total. The molecule has 11 heteroatoms. The molecule has 0 radical (unpaired) electrons. The molecule has 0 fully saturated rings. The maximum Gasteiger partial charge on any atom is 0.417 e. The number of rotatable bonds is 9. The van der Waals surface area contributed by atoms with Crippen LogP contribution in [0.15, 0.2) is 24.3 Å². The third-order valence-corrected chi connectivity index (χ3v) is 3.83. The van der Waals surface area contributed by atoms with Gasteiger partial charge in [-0.3, -0.25) is 5.41 Å². The summed E-state index contributed by atoms with van der Waals surface area (Å²) in [6.45, 7) is 5.99. The van der Waals surface area contributed by atoms with Crippen molar-refractivity contribution in [2.24, 2.45) is 11.5 Å². The van der Waals surface area contributed by atoms with Gasteiger partial charge in [0.15, 0.2) is 5.03 Å². The number of guanidine groups is 1. The van der Waals surface area contributed by atoms with Crippen molar-refractivity contribution in [2.75, 3.05) is 18.4 Å². The fourth-order valence-electron chi connectivity index (χ4n) is 2.48. The minimum absolute atomic E-state index is 0.0572. The summed E-state index contributed by atoms with van der Waals surface area (Å²) in [5.74, 6) is -0.659. The predicted molar refractivity (Wildman–Crippen MR) is 111 cm³/mol. The van der Waals surface area contributed by atoms with Crippen LogP contribution >= 0.6 is 0 Å². The molecule has 0 bridgehead atoms. The zero-order chi connectivity index (χ0) is 22.0. The molecule has 1 aromatic rings. The molecule has 1 amide bonds. The lowest BCUT2D eigenvalue weighted by molar-refractivity contribution is -0.526. The smallest absolute Gasteiger partial charge is 0.417 e. The van der Waals surface area contributed by atoms with E-state index in [1.54, 1.807) is 26.2 Å². The van der Waals surface area contributed by atoms with E-state index in [9.17, 15) is 14.9 Å². The van der Waals surface area contributed by atoms with Crippen molar-refractivity contribution in [1.82, 2.24) is 10.3 Å². The van der Waals surface area contributed by atoms with E-state index in [4.69, 9.17) is 21.6 Å². The molecule has 1 aromatic carbocycles. The average molecular weight is 409 g/mol. The molecule has 0 saturated carbocycles. The van der Waals surface area contributed by atoms with Gasteiger partial charge < -0.3 is 21.5 Å². The normalized spacial score (nSPS) is 12.0. The summed E-state index contributed by atoms with van der Waals surface area (Å²) in [5, 5.41) is 20.7. The van der Waals surface area contributed by atoms with Crippen LogP contribution in [0.1, 0.15) is 39.2 Å². The van der Waals surface area contributed by atoms with Gasteiger partial charge in [0, 0.05) is 31.4 Å². The monoisotopic (exact) mass is 409 g/mol. The highest BCUT2D eigenvalue weighted by Gasteiger charge is 2.27. The molecule has 11 nitrogen and oxygen atoms in total. The Kier molecular flexibility index (Phi) is 9.29. The number of para-hydroxylation sites is 1. The summed E-state index contributed by atoms with van der Waals surface area (Å²) in [6.07, 6.45) is 0.131. The SMILES string of the molecule is CC(C)(C)OC(=O)N(CCCC(N)CNc1ccccc1CN)C(=N)N[N+](=O)[O-]. The Morgan fingerprint density at radius 1 is 1.38 bits per heavy atom. The van der Waals surface area contributed by atoms with E-state index >= 15 is 0 Å². The Labute approximate surface area is 170 Å². The lowest BCUT2D eigenvalue weighted by atomic mass is 10.1. The van der Waals surface area contributed by atoms with Gasteiger partial charge in [-0.2, -0.15) is 0 Å². The number of nitrogens with zero attached hydrogens (tertiary/aromatic N) is 2. The Balaban J connectivity index is 2.58. The maximum absolute atomic E-state index is 12.3. The van der Waals surface area contributed by atoms with E-state index in [2.05, 4.69) is 5.32 Å². The van der Waals surface area contributed by atoms with E-state index < -0.39 is 22.7 Å². The van der Waals surface area contributed by atoms with Gasteiger partial charge >= 0.3 is 6.09 Å². The zero-order valence-electron chi connectivity index (χ0n) is 17.1. The van der Waals surface area contributed by atoms with Crippen LogP contribution in [0.4, 0.5) is 10.5 Å². The molecule has 0 heterocycles. The maximum atomic E-state index is 12.3. The largest absolute Gasteiger partial charge is 0.443 e. The minimum atomic E-state index is -0.899. The number of nitro groups is 1. The van der Waals surface area contributed by atoms with Crippen LogP contribution in [0.25, 0.3) is 0 Å². The lowest BCUT2D eigenvalue weighted by Crippen LogP contribution is -2.48. The van der Waals surface area contributed by atoms with Gasteiger partial charge in [0.25, 0.3) is 5.96 Å². The number of amides is 1. The van der Waals surface area contributed by atoms with Crippen molar-refractivity contribution in [3.05, 3.63) is 39.9 Å². The van der Waals surface area contributed by atoms with Crippen LogP contribution in [0, 0.1) is 15.5 Å². The molecule has 0 spiro atoms. The van der Waals surface area contributed by atoms with Crippen molar-refractivity contribution < 1.29 is 14.6 Å². The Bertz CT molecular complexity index is 706. The molecule has 1 rings (SSSR count). The molecule has 1 atom stereocenters. The van der Waals surface area contributed by atoms with E-state index in [0.717, 1.165) is 16.2 Å². The van der Waals surface area contributed by atoms with Crippen LogP contribution in [0.3, 0.4) is 0 Å². The minimum Gasteiger partial charge on any atom is -0.443 e. The van der Waals surface area contributed by atoms with Crippen LogP contribution < -0.4 is 22.2 Å². The fourth-order valence-corrected chi connectivity index (χ4v) is 2.48. The Morgan fingerprint density at radius 3 is 2.62 bits per heavy atom. The van der Waals surface area contributed by atoms with E-state index in [1.807, 2.05) is 24.3 Å². The fraction of sp³-hybridized carbons (Fsp3) is 0.556. The van der Waals surface area contributed by atoms with Crippen LogP contribution in [-0.4, -0.2) is 46.7 Å². The standard InChI is InChI=1S/C18H31N7O4/c1-18(2,3)29-17(26)24(16(21)23-25(27)28)10-6-8-14(20)12-22-15-9-5-4-7-13(15)11-19/h4-5,7,9,14,22H,6,8,10-12,19-20H2,1-3H3,(H2,21,23). The first-order valence-electron chi connectivity index (χ1n) is 9.31. The summed E-state index contributed by atoms with van der Waals surface area (Å²) >= 11 is 0. The van der Waals surface area contributed by atoms with E-state index in [-0.39, 0.29) is 12.6 Å². The van der Waals surface area contributed by atoms with Crippen molar-refractivity contribution in [3.63, 3.8) is 0 Å². The average Bonchev–Trinajstić information content (AvgIpc) is 2.61. The highest BCUT2D eigenvalue weighted by atomic mass is 16.7. The molecule has 0 aliphatic heterocycles. The third kappa shape index (κ3) is 9.21. The summed E-state index contributed by atoms with van der Waals surface area (Å²) in [5.41, 5.74) is 14.6. The zero-order valence-corrected chi connectivity index (χ0v) is 17.1. The van der Waals surface area contributed by atoms with Crippen molar-refractivity contribution in [2.45, 2.75) is 51.8 Å². The first kappa shape index (κ1) is 24.1. The molecular formula is C18H31N7O4. The number of carbonyl (C=O) groups excluding carboxylic acids is 1. The molecule has 0 aliphatic rings. The number of hydrazine groups is 1. The van der Waals surface area contributed by atoms with Gasteiger partial charge in [-0.15, -0.1) is 0 Å². The number of ether oxygens (including phenoxy) is 1. The topological polar surface area (TPSA) is 173 Å². The summed E-state index contributed by atoms with van der Waals surface area (Å²) in [4.78, 5) is 23.8. The molecule has 162 valence electrons. The number of nitrogens with one attached hydrogen (secondary N) is 3. The van der Waals surface area contributed by atoms with Crippen LogP contribution in [-0.2, 0) is 11.3 Å². The van der Waals surface area contributed by atoms with E-state index in [0.29, 0.717) is 25.9 Å². The van der Waals surface area contributed by atoms with Gasteiger partial charge in [0.1, 0.15) is 5.60 Å². The molecule has 1 unspecified atom stereocenters. The number of hydrogen-bond acceptors (Lipinski definition) is 8. The first-order valence-corrected chi connectivity index (χ1v) is 9.31. The molecule has 29 heavy (non-hydrogen) atoms. The van der Waals surface area contributed by atoms with Crippen molar-refractivity contribution in [3.8, 4) is 0 Å². The summed E-state index contributed by atoms with van der Waals surface area (Å²) in [6, 6.07) is 7.44. The van der Waals surface area contributed by atoms with Crippen molar-refractivity contribution >= 4 is 17.7 Å². The van der Waals surface area contributed by atoms with Crippen molar-refractivity contribution in [1.29, 1.82) is 5.41 Å². The number of hydrogen-bond donors (Lipinski definition) is 5. The Morgan fingerprint density at radius 2 is 2.03 bits per heavy atom. The number of nitrogens with two attached hydrogens (primary N) is 2. The highest BCUT2D eigenvalue weighted by molar-refractivity contribution is 5.91. The summed E-state index contributed by atoms with van der Waals surface area (Å²) < 4.78 is 5.22. The summed E-state index contributed by atoms with van der Waals surface area (Å²) in [7, 11) is 0. The number of carbonyl (C=O) groups is 1. The van der Waals surface area contributed by atoms with Gasteiger partial charge in [-0.05, 0) is 45.2 Å². The second kappa shape index (κ2) is 11.2. The molecule has 0 saturated heterocycles. The number of anilines is 1. The van der Waals surface area contributed by atoms with Crippen LogP contribution in [0.2, 0.25) is 0 Å². The van der Waals surface area contributed by atoms with Gasteiger partial charge in [0.2, 0.25) is 0 Å². The quantitative estimate of drug-likeness (QED) is 0.177. The molecule has 0 aliphatic carbocycles. The van der Waals surface area contributed by atoms with E-state index in [1.165, 1.54) is 0 Å². The lowest BCUT2D eigenvalue weighted by Gasteiger charge is -2.26. The predicted octanol–water partition coefficient (Wildman–Crippen LogP) is 1.62. The Hall–Kier alpha value is -2.92. The van der Waals surface area contributed by atoms with Crippen LogP contribution in [0.5, 0.6) is 0 Å². The first-order chi connectivity index (χ1) is 13.5. The highest BCUT2D eigenvalue weighted by Crippen LogP contribution is 2.14. The third-order valence-electron chi connectivity index (χ3n) is 3.83. The second-order valence-electron chi connectivity index (χ2n) is 7.49. The number of benzene rings is 1. The van der Waals surface area contributed by atoms with Gasteiger partial charge in [-0.1, -0.05) is 23.6 Å². The van der Waals surface area contributed by atoms with Gasteiger partial charge in [0.05, 0.1) is 0 Å². The van der Waals surface area contributed by atoms with Gasteiger partial charge in [-0.25, -0.2) is 19.8 Å².